The number of nitrogens with zero attached hydrogens (tertiary/aromatic N) is 1. The minimum absolute atomic E-state index is 0.0706. The second kappa shape index (κ2) is 7.62. The molecule has 5 rings (SSSR count). The Bertz CT molecular complexity index is 1150. The van der Waals surface area contributed by atoms with Crippen molar-refractivity contribution in [1.82, 2.24) is 9.88 Å². The average Bonchev–Trinajstić information content (AvgIpc) is 3.24. The number of hydrogen-bond donors (Lipinski definition) is 2. The molecule has 3 aromatic rings. The lowest BCUT2D eigenvalue weighted by molar-refractivity contribution is -0.106. The van der Waals surface area contributed by atoms with E-state index in [1.54, 1.807) is 26.3 Å². The Hall–Kier alpha value is -2.86. The second-order valence-electron chi connectivity index (χ2n) is 9.79. The van der Waals surface area contributed by atoms with Gasteiger partial charge in [0.15, 0.2) is 0 Å². The summed E-state index contributed by atoms with van der Waals surface area (Å²) in [6.45, 7) is 3.23. The van der Waals surface area contributed by atoms with Gasteiger partial charge in [-0.05, 0) is 62.3 Å². The van der Waals surface area contributed by atoms with Gasteiger partial charge in [-0.15, -0.1) is 0 Å². The molecule has 2 aliphatic rings. The van der Waals surface area contributed by atoms with Crippen LogP contribution < -0.4 is 4.74 Å². The first-order valence-corrected chi connectivity index (χ1v) is 11.2. The summed E-state index contributed by atoms with van der Waals surface area (Å²) in [6.07, 6.45) is 4.95. The van der Waals surface area contributed by atoms with Gasteiger partial charge in [-0.2, -0.15) is 0 Å². The van der Waals surface area contributed by atoms with Gasteiger partial charge in [0.2, 0.25) is 0 Å². The Morgan fingerprint density at radius 3 is 2.69 bits per heavy atom. The predicted octanol–water partition coefficient (Wildman–Crippen LogP) is 5.72. The number of piperidine rings is 1. The summed E-state index contributed by atoms with van der Waals surface area (Å²) in [7, 11) is 1.58. The van der Waals surface area contributed by atoms with Gasteiger partial charge in [0.1, 0.15) is 11.4 Å². The van der Waals surface area contributed by atoms with Crippen molar-refractivity contribution in [3.63, 3.8) is 0 Å². The first kappa shape index (κ1) is 21.0. The number of carbonyl (C=O) groups is 1. The fourth-order valence-electron chi connectivity index (χ4n) is 6.19. The smallest absolute Gasteiger partial charge is 0.337 e. The highest BCUT2D eigenvalue weighted by Crippen LogP contribution is 2.60. The molecule has 1 atom stereocenters. The van der Waals surface area contributed by atoms with Crippen LogP contribution in [0, 0.1) is 5.41 Å². The van der Waals surface area contributed by atoms with Crippen LogP contribution in [0.1, 0.15) is 60.1 Å². The van der Waals surface area contributed by atoms with Crippen LogP contribution in [0.25, 0.3) is 10.9 Å². The number of aromatic carboxylic acids is 1. The monoisotopic (exact) mass is 436 g/mol. The number of aromatic amines is 1. The summed E-state index contributed by atoms with van der Waals surface area (Å²) >= 11 is 0. The third-order valence-corrected chi connectivity index (χ3v) is 7.39. The largest absolute Gasteiger partial charge is 0.496 e. The number of alkyl halides is 1. The minimum atomic E-state index is -1.05. The van der Waals surface area contributed by atoms with Crippen molar-refractivity contribution in [2.24, 2.45) is 5.41 Å². The molecule has 1 spiro atoms. The first-order valence-electron chi connectivity index (χ1n) is 11.2. The SMILES string of the molecule is COc1cc(C(=O)O)c2[nH]ccc2c1CN1CCC2(CC1c1ccccc1)CC(C)(F)C2. The van der Waals surface area contributed by atoms with Crippen LogP contribution in [-0.2, 0) is 6.54 Å². The number of methoxy groups -OCH3 is 1. The summed E-state index contributed by atoms with van der Waals surface area (Å²) in [5, 5.41) is 10.5. The van der Waals surface area contributed by atoms with E-state index in [4.69, 9.17) is 4.74 Å². The van der Waals surface area contributed by atoms with Gasteiger partial charge in [0, 0.05) is 29.7 Å². The quantitative estimate of drug-likeness (QED) is 0.537. The summed E-state index contributed by atoms with van der Waals surface area (Å²) in [4.78, 5) is 17.3. The molecule has 1 saturated heterocycles. The molecule has 0 radical (unpaired) electrons. The van der Waals surface area contributed by atoms with E-state index >= 15 is 0 Å². The molecule has 1 aliphatic heterocycles. The highest BCUT2D eigenvalue weighted by atomic mass is 19.1. The number of nitrogens with one attached hydrogen (secondary N) is 1. The Kier molecular flexibility index (Phi) is 5.01. The summed E-state index contributed by atoms with van der Waals surface area (Å²) < 4.78 is 20.1. The van der Waals surface area contributed by atoms with Crippen molar-refractivity contribution in [2.75, 3.05) is 13.7 Å². The lowest BCUT2D eigenvalue weighted by Gasteiger charge is -2.56. The van der Waals surface area contributed by atoms with Crippen LogP contribution in [0.2, 0.25) is 0 Å². The van der Waals surface area contributed by atoms with E-state index in [1.165, 1.54) is 5.56 Å². The van der Waals surface area contributed by atoms with Crippen LogP contribution in [0.3, 0.4) is 0 Å². The lowest BCUT2D eigenvalue weighted by atomic mass is 9.55. The van der Waals surface area contributed by atoms with E-state index < -0.39 is 11.6 Å². The fraction of sp³-hybridized carbons (Fsp3) is 0.423. The number of halogens is 1. The molecule has 2 N–H and O–H groups in total. The average molecular weight is 437 g/mol. The number of benzene rings is 2. The minimum Gasteiger partial charge on any atom is -0.496 e. The molecule has 2 fully saturated rings. The molecule has 6 heteroatoms. The van der Waals surface area contributed by atoms with E-state index in [2.05, 4.69) is 34.1 Å². The Morgan fingerprint density at radius 2 is 2.03 bits per heavy atom. The van der Waals surface area contributed by atoms with Crippen LogP contribution in [0.5, 0.6) is 5.75 Å². The highest BCUT2D eigenvalue weighted by molar-refractivity contribution is 6.04. The summed E-state index contributed by atoms with van der Waals surface area (Å²) in [5.41, 5.74) is 2.07. The van der Waals surface area contributed by atoms with Crippen molar-refractivity contribution in [3.8, 4) is 5.75 Å². The third kappa shape index (κ3) is 3.56. The zero-order valence-electron chi connectivity index (χ0n) is 18.5. The van der Waals surface area contributed by atoms with Crippen molar-refractivity contribution in [1.29, 1.82) is 0 Å². The third-order valence-electron chi connectivity index (χ3n) is 7.39. The molecule has 32 heavy (non-hydrogen) atoms. The van der Waals surface area contributed by atoms with Crippen molar-refractivity contribution in [2.45, 2.75) is 50.9 Å². The molecule has 1 aliphatic carbocycles. The van der Waals surface area contributed by atoms with Gasteiger partial charge < -0.3 is 14.8 Å². The maximum atomic E-state index is 14.5. The fourth-order valence-corrected chi connectivity index (χ4v) is 6.19. The van der Waals surface area contributed by atoms with E-state index in [0.29, 0.717) is 30.7 Å². The highest BCUT2D eigenvalue weighted by Gasteiger charge is 2.55. The van der Waals surface area contributed by atoms with E-state index in [-0.39, 0.29) is 17.0 Å². The van der Waals surface area contributed by atoms with Crippen LogP contribution in [-0.4, -0.2) is 40.3 Å². The van der Waals surface area contributed by atoms with E-state index in [9.17, 15) is 14.3 Å². The first-order chi connectivity index (χ1) is 15.3. The van der Waals surface area contributed by atoms with Gasteiger partial charge in [-0.1, -0.05) is 30.3 Å². The molecule has 5 nitrogen and oxygen atoms in total. The summed E-state index contributed by atoms with van der Waals surface area (Å²) in [5.74, 6) is -0.398. The van der Waals surface area contributed by atoms with Crippen molar-refractivity contribution in [3.05, 3.63) is 65.4 Å². The van der Waals surface area contributed by atoms with E-state index in [0.717, 1.165) is 30.3 Å². The number of fused-ring (bicyclic) bond motifs is 1. The second-order valence-corrected chi connectivity index (χ2v) is 9.79. The molecule has 0 bridgehead atoms. The Balaban J connectivity index is 1.52. The number of likely N-dealkylation sites (tertiary alicyclic amines) is 1. The predicted molar refractivity (Wildman–Crippen MR) is 122 cm³/mol. The Morgan fingerprint density at radius 1 is 1.28 bits per heavy atom. The normalized spacial score (nSPS) is 28.0. The zero-order valence-corrected chi connectivity index (χ0v) is 18.5. The van der Waals surface area contributed by atoms with Gasteiger partial charge in [-0.3, -0.25) is 4.90 Å². The van der Waals surface area contributed by atoms with Gasteiger partial charge in [-0.25, -0.2) is 9.18 Å². The van der Waals surface area contributed by atoms with Crippen LogP contribution >= 0.6 is 0 Å². The van der Waals surface area contributed by atoms with Crippen molar-refractivity contribution < 1.29 is 19.0 Å². The molecule has 1 saturated carbocycles. The molecular weight excluding hydrogens is 407 g/mol. The Labute approximate surface area is 187 Å². The number of H-pyrrole nitrogens is 1. The number of carboxylic acids is 1. The maximum Gasteiger partial charge on any atom is 0.337 e. The van der Waals surface area contributed by atoms with E-state index in [1.807, 2.05) is 12.1 Å². The standard InChI is InChI=1S/C26H29FN2O3/c1-25(27)15-26(16-25)9-11-29(21(13-26)17-6-4-3-5-7-17)14-20-18-8-10-28-23(18)19(24(30)31)12-22(20)32-2/h3-8,10,12,21,28H,9,11,13-16H2,1-2H3,(H,30,31). The molecule has 2 heterocycles. The number of aromatic nitrogens is 1. The lowest BCUT2D eigenvalue weighted by Crippen LogP contribution is -2.53. The van der Waals surface area contributed by atoms with Crippen molar-refractivity contribution >= 4 is 16.9 Å². The molecule has 1 unspecified atom stereocenters. The summed E-state index contributed by atoms with van der Waals surface area (Å²) in [6, 6.07) is 14.2. The van der Waals surface area contributed by atoms with Crippen LogP contribution in [0.4, 0.5) is 4.39 Å². The molecule has 168 valence electrons. The number of hydrogen-bond acceptors (Lipinski definition) is 3. The van der Waals surface area contributed by atoms with Gasteiger partial charge in [0.25, 0.3) is 0 Å². The zero-order chi connectivity index (χ0) is 22.5. The topological polar surface area (TPSA) is 65.6 Å². The number of ether oxygens (including phenoxy) is 1. The van der Waals surface area contributed by atoms with Gasteiger partial charge in [0.05, 0.1) is 18.2 Å². The number of rotatable bonds is 5. The molecular formula is C26H29FN2O3. The molecule has 0 amide bonds. The van der Waals surface area contributed by atoms with Crippen LogP contribution in [0.15, 0.2) is 48.7 Å². The molecule has 2 aromatic carbocycles. The maximum absolute atomic E-state index is 14.5. The number of carboxylic acid groups (broad SMARTS) is 1. The molecule has 1 aromatic heterocycles. The van der Waals surface area contributed by atoms with Gasteiger partial charge >= 0.3 is 5.97 Å².